The fourth-order valence-corrected chi connectivity index (χ4v) is 3.80. The first-order valence-corrected chi connectivity index (χ1v) is 8.65. The molecular formula is C18H21N3O4. The van der Waals surface area contributed by atoms with E-state index in [1.54, 1.807) is 17.2 Å². The van der Waals surface area contributed by atoms with Crippen LogP contribution in [-0.4, -0.2) is 39.9 Å². The van der Waals surface area contributed by atoms with Crippen LogP contribution >= 0.6 is 0 Å². The largest absolute Gasteiger partial charge is 0.467 e. The Bertz CT molecular complexity index is 767. The van der Waals surface area contributed by atoms with Gasteiger partial charge in [-0.1, -0.05) is 5.16 Å². The second kappa shape index (κ2) is 6.38. The first-order chi connectivity index (χ1) is 12.1. The topological polar surface area (TPSA) is 79.8 Å². The molecule has 2 saturated heterocycles. The number of amides is 2. The van der Waals surface area contributed by atoms with Crippen molar-refractivity contribution >= 4 is 11.8 Å². The summed E-state index contributed by atoms with van der Waals surface area (Å²) in [6.45, 7) is 3.42. The molecule has 25 heavy (non-hydrogen) atoms. The minimum atomic E-state index is -0.295. The summed E-state index contributed by atoms with van der Waals surface area (Å²) in [6.07, 6.45) is 3.68. The molecule has 132 valence electrons. The lowest BCUT2D eigenvalue weighted by atomic mass is 10.1. The van der Waals surface area contributed by atoms with Crippen LogP contribution in [0.2, 0.25) is 0 Å². The van der Waals surface area contributed by atoms with Gasteiger partial charge in [0.05, 0.1) is 24.8 Å². The van der Waals surface area contributed by atoms with E-state index in [2.05, 4.69) is 5.16 Å². The molecule has 4 rings (SSSR count). The highest BCUT2D eigenvalue weighted by Gasteiger charge is 2.41. The third-order valence-electron chi connectivity index (χ3n) is 5.01. The monoisotopic (exact) mass is 343 g/mol. The van der Waals surface area contributed by atoms with Gasteiger partial charge in [0.1, 0.15) is 17.2 Å². The van der Waals surface area contributed by atoms with Gasteiger partial charge in [0.25, 0.3) is 0 Å². The second-order valence-corrected chi connectivity index (χ2v) is 6.81. The number of hydrogen-bond acceptors (Lipinski definition) is 5. The molecule has 2 atom stereocenters. The van der Waals surface area contributed by atoms with Gasteiger partial charge in [0.15, 0.2) is 0 Å². The number of carbonyl (C=O) groups is 2. The number of aryl methyl sites for hydroxylation is 1. The summed E-state index contributed by atoms with van der Waals surface area (Å²) < 4.78 is 10.5. The van der Waals surface area contributed by atoms with Crippen LogP contribution in [0.1, 0.15) is 42.5 Å². The van der Waals surface area contributed by atoms with Crippen molar-refractivity contribution < 1.29 is 18.5 Å². The fourth-order valence-electron chi connectivity index (χ4n) is 3.80. The Kier molecular flexibility index (Phi) is 4.07. The normalized spacial score (nSPS) is 23.6. The number of aromatic nitrogens is 1. The first-order valence-electron chi connectivity index (χ1n) is 8.65. The zero-order valence-corrected chi connectivity index (χ0v) is 14.2. The van der Waals surface area contributed by atoms with E-state index in [0.29, 0.717) is 19.6 Å². The van der Waals surface area contributed by atoms with Crippen molar-refractivity contribution in [3.05, 3.63) is 41.7 Å². The van der Waals surface area contributed by atoms with Gasteiger partial charge in [-0.15, -0.1) is 0 Å². The Labute approximate surface area is 145 Å². The molecular weight excluding hydrogens is 322 g/mol. The second-order valence-electron chi connectivity index (χ2n) is 6.81. The van der Waals surface area contributed by atoms with Crippen LogP contribution in [0.3, 0.4) is 0 Å². The van der Waals surface area contributed by atoms with E-state index in [-0.39, 0.29) is 30.2 Å². The van der Waals surface area contributed by atoms with E-state index >= 15 is 0 Å². The first kappa shape index (κ1) is 15.9. The average molecular weight is 343 g/mol. The van der Waals surface area contributed by atoms with Crippen molar-refractivity contribution in [2.24, 2.45) is 5.92 Å². The zero-order chi connectivity index (χ0) is 17.4. The van der Waals surface area contributed by atoms with Crippen molar-refractivity contribution in [2.75, 3.05) is 13.1 Å². The van der Waals surface area contributed by atoms with Crippen molar-refractivity contribution in [1.29, 1.82) is 0 Å². The minimum Gasteiger partial charge on any atom is -0.467 e. The van der Waals surface area contributed by atoms with Gasteiger partial charge < -0.3 is 18.7 Å². The maximum atomic E-state index is 13.0. The predicted molar refractivity (Wildman–Crippen MR) is 87.2 cm³/mol. The number of likely N-dealkylation sites (tertiary alicyclic amines) is 2. The minimum absolute atomic E-state index is 0.00257. The number of furan rings is 1. The molecule has 0 N–H and O–H groups in total. The Balaban J connectivity index is 1.44. The zero-order valence-electron chi connectivity index (χ0n) is 14.2. The summed E-state index contributed by atoms with van der Waals surface area (Å²) in [7, 11) is 0. The van der Waals surface area contributed by atoms with E-state index in [1.165, 1.54) is 0 Å². The molecule has 2 aromatic heterocycles. The predicted octanol–water partition coefficient (Wildman–Crippen LogP) is 2.29. The van der Waals surface area contributed by atoms with Crippen molar-refractivity contribution in [2.45, 2.75) is 38.8 Å². The molecule has 2 aliphatic heterocycles. The third kappa shape index (κ3) is 3.06. The van der Waals surface area contributed by atoms with Gasteiger partial charge in [-0.3, -0.25) is 9.59 Å². The Morgan fingerprint density at radius 2 is 2.32 bits per heavy atom. The van der Waals surface area contributed by atoms with Crippen molar-refractivity contribution in [3.63, 3.8) is 0 Å². The van der Waals surface area contributed by atoms with Gasteiger partial charge in [0.2, 0.25) is 11.8 Å². The molecule has 0 radical (unpaired) electrons. The Hall–Kier alpha value is -2.57. The lowest BCUT2D eigenvalue weighted by molar-refractivity contribution is -0.136. The highest BCUT2D eigenvalue weighted by atomic mass is 16.5. The molecule has 0 saturated carbocycles. The van der Waals surface area contributed by atoms with Gasteiger partial charge in [0, 0.05) is 25.6 Å². The molecule has 2 fully saturated rings. The number of rotatable bonds is 4. The summed E-state index contributed by atoms with van der Waals surface area (Å²) >= 11 is 0. The molecule has 4 heterocycles. The lowest BCUT2D eigenvalue weighted by Crippen LogP contribution is -2.37. The number of carbonyl (C=O) groups excluding carboxylic acids is 2. The smallest absolute Gasteiger partial charge is 0.228 e. The highest BCUT2D eigenvalue weighted by molar-refractivity contribution is 5.89. The molecule has 0 bridgehead atoms. The van der Waals surface area contributed by atoms with Crippen LogP contribution in [0.15, 0.2) is 33.4 Å². The SMILES string of the molecule is Cc1cc([C@H]2CCCN2C(=O)[C@@H]2CC(=O)N(Cc3ccco3)C2)no1. The Morgan fingerprint density at radius 1 is 1.44 bits per heavy atom. The molecule has 7 nitrogen and oxygen atoms in total. The number of nitrogens with zero attached hydrogens (tertiary/aromatic N) is 3. The van der Waals surface area contributed by atoms with Gasteiger partial charge >= 0.3 is 0 Å². The quantitative estimate of drug-likeness (QED) is 0.851. The van der Waals surface area contributed by atoms with Gasteiger partial charge in [-0.05, 0) is 31.9 Å². The van der Waals surface area contributed by atoms with Crippen LogP contribution < -0.4 is 0 Å². The molecule has 0 spiro atoms. The molecule has 2 amide bonds. The standard InChI is InChI=1S/C18H21N3O4/c1-12-8-15(19-25-12)16-5-2-6-21(16)18(23)13-9-17(22)20(10-13)11-14-4-3-7-24-14/h3-4,7-8,13,16H,2,5-6,9-11H2,1H3/t13-,16-/m1/s1. The van der Waals surface area contributed by atoms with Crippen LogP contribution in [0, 0.1) is 12.8 Å². The van der Waals surface area contributed by atoms with Crippen LogP contribution in [-0.2, 0) is 16.1 Å². The summed E-state index contributed by atoms with van der Waals surface area (Å²) in [5, 5.41) is 4.08. The molecule has 0 aromatic carbocycles. The van der Waals surface area contributed by atoms with E-state index in [0.717, 1.165) is 30.1 Å². The van der Waals surface area contributed by atoms with Gasteiger partial charge in [-0.2, -0.15) is 0 Å². The van der Waals surface area contributed by atoms with Crippen LogP contribution in [0.4, 0.5) is 0 Å². The van der Waals surface area contributed by atoms with Crippen LogP contribution in [0.25, 0.3) is 0 Å². The van der Waals surface area contributed by atoms with Crippen molar-refractivity contribution in [3.8, 4) is 0 Å². The van der Waals surface area contributed by atoms with Crippen LogP contribution in [0.5, 0.6) is 0 Å². The van der Waals surface area contributed by atoms with E-state index in [9.17, 15) is 9.59 Å². The Morgan fingerprint density at radius 3 is 3.04 bits per heavy atom. The van der Waals surface area contributed by atoms with Crippen molar-refractivity contribution in [1.82, 2.24) is 15.0 Å². The molecule has 2 aromatic rings. The van der Waals surface area contributed by atoms with E-state index in [1.807, 2.05) is 24.0 Å². The maximum Gasteiger partial charge on any atom is 0.228 e. The third-order valence-corrected chi connectivity index (χ3v) is 5.01. The lowest BCUT2D eigenvalue weighted by Gasteiger charge is -2.26. The summed E-state index contributed by atoms with van der Waals surface area (Å²) in [5.41, 5.74) is 0.806. The molecule has 0 unspecified atom stereocenters. The average Bonchev–Trinajstić information content (AvgIpc) is 3.35. The fraction of sp³-hybridized carbons (Fsp3) is 0.500. The molecule has 0 aliphatic carbocycles. The van der Waals surface area contributed by atoms with Gasteiger partial charge in [-0.25, -0.2) is 0 Å². The highest BCUT2D eigenvalue weighted by Crippen LogP contribution is 2.34. The molecule has 2 aliphatic rings. The summed E-state index contributed by atoms with van der Waals surface area (Å²) in [4.78, 5) is 28.8. The maximum absolute atomic E-state index is 13.0. The van der Waals surface area contributed by atoms with E-state index < -0.39 is 0 Å². The summed E-state index contributed by atoms with van der Waals surface area (Å²) in [5.74, 6) is 1.23. The summed E-state index contributed by atoms with van der Waals surface area (Å²) in [6, 6.07) is 5.48. The van der Waals surface area contributed by atoms with E-state index in [4.69, 9.17) is 8.94 Å². The molecule has 7 heteroatoms. The number of hydrogen-bond donors (Lipinski definition) is 0.